The van der Waals surface area contributed by atoms with E-state index in [1.165, 1.54) is 0 Å². The quantitative estimate of drug-likeness (QED) is 0.747. The van der Waals surface area contributed by atoms with E-state index in [4.69, 9.17) is 4.74 Å². The van der Waals surface area contributed by atoms with Crippen LogP contribution in [0, 0.1) is 5.92 Å². The average molecular weight is 324 g/mol. The van der Waals surface area contributed by atoms with Gasteiger partial charge in [-0.1, -0.05) is 19.6 Å². The van der Waals surface area contributed by atoms with E-state index in [1.807, 2.05) is 9.80 Å². The number of nitrogens with zero attached hydrogens (tertiary/aromatic N) is 2. The van der Waals surface area contributed by atoms with Gasteiger partial charge in [0.15, 0.2) is 0 Å². The molecule has 3 rings (SSSR count). The molecule has 6 heteroatoms. The fraction of sp³-hybridized carbons (Fsp3) is 0.875. The van der Waals surface area contributed by atoms with Crippen molar-refractivity contribution in [2.45, 2.75) is 63.5 Å². The minimum atomic E-state index is -1.17. The van der Waals surface area contributed by atoms with Crippen molar-refractivity contribution in [1.29, 1.82) is 0 Å². The fourth-order valence-corrected chi connectivity index (χ4v) is 4.18. The molecular weight excluding hydrogens is 296 g/mol. The van der Waals surface area contributed by atoms with Gasteiger partial charge in [0.2, 0.25) is 5.91 Å². The number of carbonyl (C=O) groups excluding carboxylic acids is 2. The van der Waals surface area contributed by atoms with Gasteiger partial charge in [-0.2, -0.15) is 0 Å². The van der Waals surface area contributed by atoms with Gasteiger partial charge >= 0.3 is 6.09 Å². The van der Waals surface area contributed by atoms with Crippen LogP contribution in [0.25, 0.3) is 0 Å². The first-order valence-electron chi connectivity index (χ1n) is 8.59. The molecule has 2 atom stereocenters. The van der Waals surface area contributed by atoms with Gasteiger partial charge in [0.05, 0.1) is 12.6 Å². The van der Waals surface area contributed by atoms with E-state index in [2.05, 4.69) is 19.6 Å². The molecule has 0 radical (unpaired) electrons. The third kappa shape index (κ3) is 3.47. The molecule has 2 heterocycles. The summed E-state index contributed by atoms with van der Waals surface area (Å²) in [5, 5.41) is 0. The summed E-state index contributed by atoms with van der Waals surface area (Å²) in [7, 11) is -1.17. The van der Waals surface area contributed by atoms with Crippen molar-refractivity contribution in [1.82, 2.24) is 9.80 Å². The number of fused-ring (bicyclic) bond motifs is 2. The second-order valence-corrected chi connectivity index (χ2v) is 13.8. The number of ether oxygens (including phenoxy) is 1. The normalized spacial score (nSPS) is 28.0. The Morgan fingerprint density at radius 2 is 1.82 bits per heavy atom. The predicted molar refractivity (Wildman–Crippen MR) is 87.5 cm³/mol. The van der Waals surface area contributed by atoms with Crippen molar-refractivity contribution in [2.75, 3.05) is 19.7 Å². The Bertz CT molecular complexity index is 459. The highest BCUT2D eigenvalue weighted by atomic mass is 28.3. The van der Waals surface area contributed by atoms with Gasteiger partial charge in [0.1, 0.15) is 0 Å². The molecule has 3 fully saturated rings. The van der Waals surface area contributed by atoms with Crippen LogP contribution < -0.4 is 0 Å². The summed E-state index contributed by atoms with van der Waals surface area (Å²) in [5.74, 6) is 0.590. The number of amides is 2. The third-order valence-electron chi connectivity index (χ3n) is 5.06. The Kier molecular flexibility index (Phi) is 4.22. The zero-order valence-electron chi connectivity index (χ0n) is 14.0. The average Bonchev–Trinajstić information content (AvgIpc) is 3.22. The van der Waals surface area contributed by atoms with Crippen molar-refractivity contribution in [2.24, 2.45) is 5.92 Å². The fourth-order valence-electron chi connectivity index (χ4n) is 3.47. The highest BCUT2D eigenvalue weighted by molar-refractivity contribution is 6.76. The van der Waals surface area contributed by atoms with Gasteiger partial charge in [-0.15, -0.1) is 0 Å². The monoisotopic (exact) mass is 324 g/mol. The molecule has 1 saturated carbocycles. The molecule has 0 N–H and O–H groups in total. The molecule has 2 saturated heterocycles. The van der Waals surface area contributed by atoms with Crippen LogP contribution in [0.5, 0.6) is 0 Å². The second-order valence-electron chi connectivity index (χ2n) is 8.22. The van der Waals surface area contributed by atoms with Crippen molar-refractivity contribution in [3.05, 3.63) is 0 Å². The van der Waals surface area contributed by atoms with Gasteiger partial charge in [0.25, 0.3) is 0 Å². The summed E-state index contributed by atoms with van der Waals surface area (Å²) < 4.78 is 5.48. The van der Waals surface area contributed by atoms with E-state index in [1.54, 1.807) is 0 Å². The van der Waals surface area contributed by atoms with Gasteiger partial charge < -0.3 is 14.5 Å². The summed E-state index contributed by atoms with van der Waals surface area (Å²) >= 11 is 0. The Balaban J connectivity index is 1.52. The highest BCUT2D eigenvalue weighted by Crippen LogP contribution is 2.36. The van der Waals surface area contributed by atoms with Crippen LogP contribution in [0.2, 0.25) is 25.7 Å². The minimum absolute atomic E-state index is 0.175. The molecule has 0 spiro atoms. The number of likely N-dealkylation sites (tertiary alicyclic amines) is 2. The zero-order valence-corrected chi connectivity index (χ0v) is 15.0. The van der Waals surface area contributed by atoms with E-state index in [0.717, 1.165) is 38.3 Å². The lowest BCUT2D eigenvalue weighted by Crippen LogP contribution is -2.45. The molecule has 2 amide bonds. The molecule has 0 aromatic rings. The zero-order chi connectivity index (χ0) is 15.9. The Labute approximate surface area is 134 Å². The number of rotatable bonds is 4. The summed E-state index contributed by atoms with van der Waals surface area (Å²) in [5.41, 5.74) is 0. The first-order valence-corrected chi connectivity index (χ1v) is 12.3. The summed E-state index contributed by atoms with van der Waals surface area (Å²) in [6.45, 7) is 8.85. The van der Waals surface area contributed by atoms with Crippen LogP contribution >= 0.6 is 0 Å². The molecular formula is C16H28N2O3Si. The summed E-state index contributed by atoms with van der Waals surface area (Å²) in [6, 6.07) is 1.50. The molecule has 3 aliphatic rings. The second kappa shape index (κ2) is 5.87. The molecule has 1 aliphatic carbocycles. The van der Waals surface area contributed by atoms with E-state index in [-0.39, 0.29) is 24.1 Å². The van der Waals surface area contributed by atoms with E-state index >= 15 is 0 Å². The van der Waals surface area contributed by atoms with Crippen LogP contribution in [0.4, 0.5) is 4.79 Å². The maximum atomic E-state index is 12.3. The SMILES string of the molecule is C[Si](C)(C)CCOC(=O)N1C[C@H]2C[C@H]1CCN2C(=O)C1CC1. The van der Waals surface area contributed by atoms with Crippen LogP contribution in [0.1, 0.15) is 25.7 Å². The maximum Gasteiger partial charge on any atom is 0.410 e. The lowest BCUT2D eigenvalue weighted by Gasteiger charge is -2.32. The topological polar surface area (TPSA) is 49.9 Å². The van der Waals surface area contributed by atoms with Crippen molar-refractivity contribution >= 4 is 20.1 Å². The largest absolute Gasteiger partial charge is 0.450 e. The van der Waals surface area contributed by atoms with Crippen LogP contribution in [0.15, 0.2) is 0 Å². The highest BCUT2D eigenvalue weighted by Gasteiger charge is 2.46. The third-order valence-corrected chi connectivity index (χ3v) is 6.76. The lowest BCUT2D eigenvalue weighted by atomic mass is 10.0. The van der Waals surface area contributed by atoms with Gasteiger partial charge in [-0.3, -0.25) is 4.79 Å². The molecule has 5 nitrogen and oxygen atoms in total. The van der Waals surface area contributed by atoms with E-state index in [0.29, 0.717) is 19.1 Å². The van der Waals surface area contributed by atoms with Crippen LogP contribution in [0.3, 0.4) is 0 Å². The summed E-state index contributed by atoms with van der Waals surface area (Å²) in [4.78, 5) is 28.5. The first-order chi connectivity index (χ1) is 10.3. The summed E-state index contributed by atoms with van der Waals surface area (Å²) in [6.07, 6.45) is 3.76. The Morgan fingerprint density at radius 3 is 2.45 bits per heavy atom. The number of hydrogen-bond donors (Lipinski definition) is 0. The van der Waals surface area contributed by atoms with Gasteiger partial charge in [-0.05, 0) is 31.7 Å². The standard InChI is InChI=1S/C16H28N2O3Si/c1-22(2,3)9-8-21-16(20)18-11-14-10-13(18)6-7-17(14)15(19)12-4-5-12/h12-14H,4-11H2,1-3H3/t13-,14-/m1/s1. The molecule has 0 unspecified atom stereocenters. The Morgan fingerprint density at radius 1 is 1.09 bits per heavy atom. The molecule has 0 aromatic heterocycles. The number of hydrogen-bond acceptors (Lipinski definition) is 3. The van der Waals surface area contributed by atoms with Crippen molar-refractivity contribution < 1.29 is 14.3 Å². The number of piperidine rings is 1. The van der Waals surface area contributed by atoms with Crippen molar-refractivity contribution in [3.63, 3.8) is 0 Å². The van der Waals surface area contributed by atoms with Crippen LogP contribution in [-0.2, 0) is 9.53 Å². The smallest absolute Gasteiger partial charge is 0.410 e. The first kappa shape index (κ1) is 15.8. The lowest BCUT2D eigenvalue weighted by molar-refractivity contribution is -0.135. The number of carbonyl (C=O) groups is 2. The van der Waals surface area contributed by atoms with Gasteiger partial charge in [0, 0.05) is 33.1 Å². The molecule has 2 aliphatic heterocycles. The predicted octanol–water partition coefficient (Wildman–Crippen LogP) is 2.55. The minimum Gasteiger partial charge on any atom is -0.450 e. The Hall–Kier alpha value is -1.04. The van der Waals surface area contributed by atoms with Crippen molar-refractivity contribution in [3.8, 4) is 0 Å². The van der Waals surface area contributed by atoms with E-state index in [9.17, 15) is 9.59 Å². The maximum absolute atomic E-state index is 12.3. The molecule has 124 valence electrons. The molecule has 22 heavy (non-hydrogen) atoms. The van der Waals surface area contributed by atoms with Gasteiger partial charge in [-0.25, -0.2) is 4.79 Å². The van der Waals surface area contributed by atoms with E-state index < -0.39 is 8.07 Å². The molecule has 2 bridgehead atoms. The molecule has 0 aromatic carbocycles. The van der Waals surface area contributed by atoms with Crippen LogP contribution in [-0.4, -0.2) is 61.7 Å².